The number of hydrogen-bond donors (Lipinski definition) is 1. The molecule has 0 fully saturated rings. The van der Waals surface area contributed by atoms with Crippen LogP contribution in [0.15, 0.2) is 23.1 Å². The zero-order valence-electron chi connectivity index (χ0n) is 11.0. The van der Waals surface area contributed by atoms with Gasteiger partial charge in [0.05, 0.1) is 5.56 Å². The van der Waals surface area contributed by atoms with Crippen molar-refractivity contribution in [2.75, 3.05) is 0 Å². The van der Waals surface area contributed by atoms with Gasteiger partial charge in [0.2, 0.25) is 0 Å². The predicted octanol–water partition coefficient (Wildman–Crippen LogP) is 2.84. The molecule has 18 heavy (non-hydrogen) atoms. The number of aryl methyl sites for hydroxylation is 1. The summed E-state index contributed by atoms with van der Waals surface area (Å²) in [5.74, 6) is 0. The number of pyridine rings is 1. The Morgan fingerprint density at radius 1 is 1.28 bits per heavy atom. The van der Waals surface area contributed by atoms with E-state index in [1.54, 1.807) is 16.8 Å². The summed E-state index contributed by atoms with van der Waals surface area (Å²) in [6.45, 7) is 2.96. The molecule has 0 amide bonds. The highest BCUT2D eigenvalue weighted by Gasteiger charge is 2.04. The molecule has 0 aliphatic carbocycles. The molecule has 0 saturated carbocycles. The number of unbranched alkanes of at least 4 members (excludes halogenated alkanes) is 5. The van der Waals surface area contributed by atoms with Crippen LogP contribution in [0.1, 0.15) is 51.0 Å². The van der Waals surface area contributed by atoms with Gasteiger partial charge in [-0.3, -0.25) is 4.79 Å². The first kappa shape index (κ1) is 14.9. The van der Waals surface area contributed by atoms with Gasteiger partial charge in [-0.15, -0.1) is 0 Å². The molecular weight excluding hydrogens is 244 g/mol. The molecule has 0 aromatic carbocycles. The van der Waals surface area contributed by atoms with Crippen LogP contribution in [0.4, 0.5) is 0 Å². The SMILES string of the molecule is CCCCCCCCn1cccc(C(N)=S)c1=O. The minimum Gasteiger partial charge on any atom is -0.389 e. The molecule has 2 N–H and O–H groups in total. The molecule has 0 aliphatic rings. The van der Waals surface area contributed by atoms with Gasteiger partial charge < -0.3 is 10.3 Å². The molecule has 0 saturated heterocycles. The maximum atomic E-state index is 12.0. The van der Waals surface area contributed by atoms with Gasteiger partial charge in [0, 0.05) is 12.7 Å². The Morgan fingerprint density at radius 2 is 1.94 bits per heavy atom. The van der Waals surface area contributed by atoms with E-state index in [0.29, 0.717) is 5.56 Å². The van der Waals surface area contributed by atoms with E-state index in [9.17, 15) is 4.79 Å². The number of nitrogens with zero attached hydrogens (tertiary/aromatic N) is 1. The summed E-state index contributed by atoms with van der Waals surface area (Å²) in [5, 5.41) is 0. The molecule has 3 nitrogen and oxygen atoms in total. The Balaban J connectivity index is 2.46. The van der Waals surface area contributed by atoms with Gasteiger partial charge in [-0.1, -0.05) is 51.2 Å². The Morgan fingerprint density at radius 3 is 2.61 bits per heavy atom. The fraction of sp³-hybridized carbons (Fsp3) is 0.571. The lowest BCUT2D eigenvalue weighted by Crippen LogP contribution is -2.28. The van der Waals surface area contributed by atoms with E-state index in [1.165, 1.54) is 32.1 Å². The minimum atomic E-state index is -0.0708. The molecule has 100 valence electrons. The van der Waals surface area contributed by atoms with Crippen molar-refractivity contribution in [2.45, 2.75) is 52.0 Å². The van der Waals surface area contributed by atoms with Gasteiger partial charge in [-0.25, -0.2) is 0 Å². The minimum absolute atomic E-state index is 0.0708. The largest absolute Gasteiger partial charge is 0.389 e. The first-order valence-corrected chi connectivity index (χ1v) is 7.07. The van der Waals surface area contributed by atoms with Crippen LogP contribution in [0.5, 0.6) is 0 Å². The van der Waals surface area contributed by atoms with Crippen molar-refractivity contribution in [1.82, 2.24) is 4.57 Å². The van der Waals surface area contributed by atoms with Gasteiger partial charge in [-0.2, -0.15) is 0 Å². The molecule has 0 bridgehead atoms. The average Bonchev–Trinajstić information content (AvgIpc) is 2.35. The summed E-state index contributed by atoms with van der Waals surface area (Å²) < 4.78 is 1.70. The third-order valence-electron chi connectivity index (χ3n) is 3.04. The maximum Gasteiger partial charge on any atom is 0.260 e. The van der Waals surface area contributed by atoms with Crippen molar-refractivity contribution in [3.05, 3.63) is 34.2 Å². The summed E-state index contributed by atoms with van der Waals surface area (Å²) in [7, 11) is 0. The van der Waals surface area contributed by atoms with Gasteiger partial charge in [-0.05, 0) is 18.6 Å². The van der Waals surface area contributed by atoms with Gasteiger partial charge in [0.15, 0.2) is 0 Å². The summed E-state index contributed by atoms with van der Waals surface area (Å²) in [4.78, 5) is 12.2. The molecule has 0 radical (unpaired) electrons. The summed E-state index contributed by atoms with van der Waals surface area (Å²) in [5.41, 5.74) is 5.88. The number of hydrogen-bond acceptors (Lipinski definition) is 2. The van der Waals surface area contributed by atoms with Crippen LogP contribution in [0.2, 0.25) is 0 Å². The average molecular weight is 266 g/mol. The van der Waals surface area contributed by atoms with E-state index in [0.717, 1.165) is 13.0 Å². The van der Waals surface area contributed by atoms with E-state index in [1.807, 2.05) is 6.07 Å². The highest BCUT2D eigenvalue weighted by atomic mass is 32.1. The lowest BCUT2D eigenvalue weighted by atomic mass is 10.1. The highest BCUT2D eigenvalue weighted by Crippen LogP contribution is 2.05. The topological polar surface area (TPSA) is 48.0 Å². The Labute approximate surface area is 114 Å². The fourth-order valence-electron chi connectivity index (χ4n) is 1.96. The Kier molecular flexibility index (Phi) is 6.65. The molecule has 1 aromatic heterocycles. The quantitative estimate of drug-likeness (QED) is 0.581. The van der Waals surface area contributed by atoms with Crippen molar-refractivity contribution in [1.29, 1.82) is 0 Å². The molecule has 0 unspecified atom stereocenters. The van der Waals surface area contributed by atoms with Crippen molar-refractivity contribution in [3.8, 4) is 0 Å². The first-order valence-electron chi connectivity index (χ1n) is 6.66. The number of nitrogens with two attached hydrogens (primary N) is 1. The van der Waals surface area contributed by atoms with Crippen molar-refractivity contribution in [2.24, 2.45) is 5.73 Å². The van der Waals surface area contributed by atoms with E-state index < -0.39 is 0 Å². The van der Waals surface area contributed by atoms with E-state index in [2.05, 4.69) is 6.92 Å². The van der Waals surface area contributed by atoms with Crippen LogP contribution >= 0.6 is 12.2 Å². The van der Waals surface area contributed by atoms with Gasteiger partial charge in [0.25, 0.3) is 5.56 Å². The third-order valence-corrected chi connectivity index (χ3v) is 3.26. The highest BCUT2D eigenvalue weighted by molar-refractivity contribution is 7.80. The second-order valence-electron chi connectivity index (χ2n) is 4.55. The van der Waals surface area contributed by atoms with Crippen LogP contribution in [0, 0.1) is 0 Å². The Bertz CT molecular complexity index is 440. The van der Waals surface area contributed by atoms with Crippen molar-refractivity contribution >= 4 is 17.2 Å². The smallest absolute Gasteiger partial charge is 0.260 e. The van der Waals surface area contributed by atoms with Crippen molar-refractivity contribution < 1.29 is 0 Å². The van der Waals surface area contributed by atoms with Crippen LogP contribution in [-0.2, 0) is 6.54 Å². The third kappa shape index (κ3) is 4.61. The molecule has 1 rings (SSSR count). The zero-order valence-corrected chi connectivity index (χ0v) is 11.8. The number of rotatable bonds is 8. The molecule has 0 aliphatic heterocycles. The number of thiocarbonyl (C=S) groups is 1. The van der Waals surface area contributed by atoms with Crippen molar-refractivity contribution in [3.63, 3.8) is 0 Å². The predicted molar refractivity (Wildman–Crippen MR) is 80.0 cm³/mol. The Hall–Kier alpha value is -1.16. The standard InChI is InChI=1S/C14H22N2OS/c1-2-3-4-5-6-7-10-16-11-8-9-12(13(15)18)14(16)17/h8-9,11H,2-7,10H2,1H3,(H2,15,18). The lowest BCUT2D eigenvalue weighted by molar-refractivity contribution is 0.549. The van der Waals surface area contributed by atoms with E-state index >= 15 is 0 Å². The van der Waals surface area contributed by atoms with Crippen LogP contribution in [0.3, 0.4) is 0 Å². The molecular formula is C14H22N2OS. The second kappa shape index (κ2) is 8.03. The lowest BCUT2D eigenvalue weighted by Gasteiger charge is -2.07. The molecule has 0 atom stereocenters. The number of aromatic nitrogens is 1. The molecule has 0 spiro atoms. The normalized spacial score (nSPS) is 10.5. The second-order valence-corrected chi connectivity index (χ2v) is 4.99. The fourth-order valence-corrected chi connectivity index (χ4v) is 2.12. The zero-order chi connectivity index (χ0) is 13.4. The monoisotopic (exact) mass is 266 g/mol. The first-order chi connectivity index (χ1) is 8.66. The molecule has 1 heterocycles. The maximum absolute atomic E-state index is 12.0. The summed E-state index contributed by atoms with van der Waals surface area (Å²) >= 11 is 4.86. The van der Waals surface area contributed by atoms with Crippen LogP contribution in [-0.4, -0.2) is 9.56 Å². The molecule has 4 heteroatoms. The summed E-state index contributed by atoms with van der Waals surface area (Å²) in [6.07, 6.45) is 9.10. The van der Waals surface area contributed by atoms with E-state index in [-0.39, 0.29) is 10.5 Å². The van der Waals surface area contributed by atoms with Gasteiger partial charge in [0.1, 0.15) is 4.99 Å². The van der Waals surface area contributed by atoms with Gasteiger partial charge >= 0.3 is 0 Å². The summed E-state index contributed by atoms with van der Waals surface area (Å²) in [6, 6.07) is 3.51. The van der Waals surface area contributed by atoms with Crippen LogP contribution < -0.4 is 11.3 Å². The molecule has 1 aromatic rings. The van der Waals surface area contributed by atoms with Crippen LogP contribution in [0.25, 0.3) is 0 Å². The van der Waals surface area contributed by atoms with E-state index in [4.69, 9.17) is 18.0 Å².